The highest BCUT2D eigenvalue weighted by molar-refractivity contribution is 5.01. The van der Waals surface area contributed by atoms with Gasteiger partial charge in [0.25, 0.3) is 0 Å². The largest absolute Gasteiger partial charge is 0.296 e. The number of rotatable bonds is 1. The number of likely N-dealkylation sites (tertiary alicyclic amines) is 1. The molecule has 0 radical (unpaired) electrons. The van der Waals surface area contributed by atoms with Gasteiger partial charge in [0.15, 0.2) is 0 Å². The van der Waals surface area contributed by atoms with Crippen molar-refractivity contribution in [3.63, 3.8) is 0 Å². The number of piperidine rings is 1. The van der Waals surface area contributed by atoms with Gasteiger partial charge in [-0.3, -0.25) is 4.90 Å². The van der Waals surface area contributed by atoms with Crippen LogP contribution in [0.3, 0.4) is 0 Å². The van der Waals surface area contributed by atoms with Gasteiger partial charge in [0, 0.05) is 12.1 Å². The smallest absolute Gasteiger partial charge is 0.0672 e. The van der Waals surface area contributed by atoms with Crippen LogP contribution < -0.4 is 0 Å². The third-order valence-corrected chi connectivity index (χ3v) is 5.36. The van der Waals surface area contributed by atoms with Crippen LogP contribution in [0.5, 0.6) is 0 Å². The summed E-state index contributed by atoms with van der Waals surface area (Å²) in [6.45, 7) is 1.27. The van der Waals surface area contributed by atoms with Crippen LogP contribution >= 0.6 is 0 Å². The predicted octanol–water partition coefficient (Wildman–Crippen LogP) is 3.33. The fraction of sp³-hybridized carbons (Fsp3) is 0.933. The zero-order valence-electron chi connectivity index (χ0n) is 10.8. The Morgan fingerprint density at radius 2 is 1.59 bits per heavy atom. The number of nitriles is 1. The van der Waals surface area contributed by atoms with E-state index in [1.807, 2.05) is 0 Å². The predicted molar refractivity (Wildman–Crippen MR) is 68.4 cm³/mol. The number of nitrogens with zero attached hydrogens (tertiary/aromatic N) is 2. The van der Waals surface area contributed by atoms with Crippen molar-refractivity contribution in [3.05, 3.63) is 0 Å². The van der Waals surface area contributed by atoms with Crippen molar-refractivity contribution in [2.75, 3.05) is 6.54 Å². The van der Waals surface area contributed by atoms with Gasteiger partial charge >= 0.3 is 0 Å². The maximum Gasteiger partial charge on any atom is 0.0672 e. The molecule has 0 amide bonds. The monoisotopic (exact) mass is 232 g/mol. The van der Waals surface area contributed by atoms with Crippen molar-refractivity contribution < 1.29 is 0 Å². The van der Waals surface area contributed by atoms with Crippen LogP contribution in [0.15, 0.2) is 0 Å². The summed E-state index contributed by atoms with van der Waals surface area (Å²) < 4.78 is 0. The average molecular weight is 232 g/mol. The molecule has 0 spiro atoms. The van der Waals surface area contributed by atoms with Gasteiger partial charge in [-0.1, -0.05) is 19.3 Å². The molecule has 4 atom stereocenters. The minimum absolute atomic E-state index is 0.329. The first-order valence-corrected chi connectivity index (χ1v) is 7.55. The Kier molecular flexibility index (Phi) is 3.38. The first-order chi connectivity index (χ1) is 8.40. The van der Waals surface area contributed by atoms with Gasteiger partial charge in [0.1, 0.15) is 0 Å². The lowest BCUT2D eigenvalue weighted by molar-refractivity contribution is 0.0195. The van der Waals surface area contributed by atoms with E-state index in [1.165, 1.54) is 57.9 Å². The minimum atomic E-state index is 0.329. The van der Waals surface area contributed by atoms with Crippen LogP contribution in [0.2, 0.25) is 0 Å². The van der Waals surface area contributed by atoms with Crippen LogP contribution in [0, 0.1) is 23.2 Å². The molecule has 1 heterocycles. The van der Waals surface area contributed by atoms with E-state index >= 15 is 0 Å². The molecule has 4 unspecified atom stereocenters. The van der Waals surface area contributed by atoms with E-state index in [4.69, 9.17) is 0 Å². The molecule has 0 aromatic rings. The van der Waals surface area contributed by atoms with Crippen molar-refractivity contribution in [2.24, 2.45) is 11.8 Å². The Hall–Kier alpha value is -0.550. The molecule has 3 aliphatic rings. The lowest BCUT2D eigenvalue weighted by Crippen LogP contribution is -2.52. The van der Waals surface area contributed by atoms with E-state index < -0.39 is 0 Å². The standard InChI is InChI=1S/C15H24N2/c16-11-13-6-3-9-15(13)17-10-4-7-12-5-1-2-8-14(12)17/h12-15H,1-10H2. The molecular weight excluding hydrogens is 208 g/mol. The van der Waals surface area contributed by atoms with Gasteiger partial charge in [-0.05, 0) is 51.0 Å². The maximum absolute atomic E-state index is 9.29. The lowest BCUT2D eigenvalue weighted by Gasteiger charge is -2.47. The second kappa shape index (κ2) is 4.98. The van der Waals surface area contributed by atoms with Crippen molar-refractivity contribution in [1.82, 2.24) is 4.90 Å². The summed E-state index contributed by atoms with van der Waals surface area (Å²) in [5, 5.41) is 9.29. The second-order valence-electron chi connectivity index (χ2n) is 6.23. The molecule has 2 heteroatoms. The molecule has 0 aromatic heterocycles. The van der Waals surface area contributed by atoms with Gasteiger partial charge in [-0.2, -0.15) is 5.26 Å². The van der Waals surface area contributed by atoms with E-state index in [0.29, 0.717) is 12.0 Å². The highest BCUT2D eigenvalue weighted by atomic mass is 15.2. The minimum Gasteiger partial charge on any atom is -0.296 e. The molecule has 0 aromatic carbocycles. The molecule has 1 saturated heterocycles. The van der Waals surface area contributed by atoms with Gasteiger partial charge in [-0.25, -0.2) is 0 Å². The average Bonchev–Trinajstić information content (AvgIpc) is 2.86. The van der Waals surface area contributed by atoms with Crippen LogP contribution in [0.25, 0.3) is 0 Å². The Balaban J connectivity index is 1.74. The summed E-state index contributed by atoms with van der Waals surface area (Å²) in [6, 6.07) is 4.00. The third kappa shape index (κ3) is 2.10. The van der Waals surface area contributed by atoms with Crippen molar-refractivity contribution in [3.8, 4) is 6.07 Å². The lowest BCUT2D eigenvalue weighted by atomic mass is 9.77. The topological polar surface area (TPSA) is 27.0 Å². The molecule has 2 nitrogen and oxygen atoms in total. The maximum atomic E-state index is 9.29. The Bertz CT molecular complexity index is 305. The van der Waals surface area contributed by atoms with Crippen LogP contribution in [0.1, 0.15) is 57.8 Å². The van der Waals surface area contributed by atoms with Gasteiger partial charge < -0.3 is 0 Å². The summed E-state index contributed by atoms with van der Waals surface area (Å²) in [5.41, 5.74) is 0. The highest BCUT2D eigenvalue weighted by Gasteiger charge is 2.40. The number of hydrogen-bond donors (Lipinski definition) is 0. The highest BCUT2D eigenvalue weighted by Crippen LogP contribution is 2.40. The molecule has 3 fully saturated rings. The second-order valence-corrected chi connectivity index (χ2v) is 6.23. The summed E-state index contributed by atoms with van der Waals surface area (Å²) in [5.74, 6) is 1.29. The van der Waals surface area contributed by atoms with Crippen LogP contribution in [-0.2, 0) is 0 Å². The van der Waals surface area contributed by atoms with Gasteiger partial charge in [0.05, 0.1) is 12.0 Å². The van der Waals surface area contributed by atoms with E-state index in [9.17, 15) is 5.26 Å². The molecule has 1 aliphatic heterocycles. The fourth-order valence-electron chi connectivity index (χ4n) is 4.56. The zero-order chi connectivity index (χ0) is 11.7. The third-order valence-electron chi connectivity index (χ3n) is 5.36. The van der Waals surface area contributed by atoms with E-state index in [-0.39, 0.29) is 0 Å². The Morgan fingerprint density at radius 3 is 2.47 bits per heavy atom. The zero-order valence-corrected chi connectivity index (χ0v) is 10.8. The van der Waals surface area contributed by atoms with Gasteiger partial charge in [-0.15, -0.1) is 0 Å². The van der Waals surface area contributed by atoms with Crippen molar-refractivity contribution in [2.45, 2.75) is 69.9 Å². The molecule has 2 aliphatic carbocycles. The Morgan fingerprint density at radius 1 is 0.824 bits per heavy atom. The summed E-state index contributed by atoms with van der Waals surface area (Å²) in [6.07, 6.45) is 12.2. The normalized spacial score (nSPS) is 43.0. The SMILES string of the molecule is N#CC1CCCC1N1CCCC2CCCCC21. The molecule has 0 bridgehead atoms. The first-order valence-electron chi connectivity index (χ1n) is 7.55. The van der Waals surface area contributed by atoms with E-state index in [0.717, 1.165) is 18.4 Å². The molecule has 3 rings (SSSR count). The molecular formula is C15H24N2. The first kappa shape index (κ1) is 11.5. The van der Waals surface area contributed by atoms with E-state index in [2.05, 4.69) is 11.0 Å². The van der Waals surface area contributed by atoms with Crippen LogP contribution in [0.4, 0.5) is 0 Å². The number of fused-ring (bicyclic) bond motifs is 1. The van der Waals surface area contributed by atoms with E-state index in [1.54, 1.807) is 0 Å². The quantitative estimate of drug-likeness (QED) is 0.693. The summed E-state index contributed by atoms with van der Waals surface area (Å²) in [7, 11) is 0. The fourth-order valence-corrected chi connectivity index (χ4v) is 4.56. The number of hydrogen-bond acceptors (Lipinski definition) is 2. The summed E-state index contributed by atoms with van der Waals surface area (Å²) in [4.78, 5) is 2.76. The van der Waals surface area contributed by atoms with Gasteiger partial charge in [0.2, 0.25) is 0 Å². The van der Waals surface area contributed by atoms with Crippen LogP contribution in [-0.4, -0.2) is 23.5 Å². The summed E-state index contributed by atoms with van der Waals surface area (Å²) >= 11 is 0. The molecule has 0 N–H and O–H groups in total. The van der Waals surface area contributed by atoms with Crippen molar-refractivity contribution in [1.29, 1.82) is 5.26 Å². The molecule has 94 valence electrons. The molecule has 2 saturated carbocycles. The Labute approximate surface area is 105 Å². The van der Waals surface area contributed by atoms with Crippen molar-refractivity contribution >= 4 is 0 Å². The molecule has 17 heavy (non-hydrogen) atoms.